The molecule has 2 aliphatic rings. The van der Waals surface area contributed by atoms with Crippen molar-refractivity contribution in [2.24, 2.45) is 0 Å². The first kappa shape index (κ1) is 20.7. The van der Waals surface area contributed by atoms with E-state index in [-0.39, 0.29) is 28.9 Å². The molecule has 1 saturated heterocycles. The number of hydrogen-bond donors (Lipinski definition) is 0. The SMILES string of the molecule is CCC(CC1(OC)CN(C(C)=O)C1)N1CCc2cc(C(=O)OC)cc(F)c2C1. The maximum absolute atomic E-state index is 14.7. The van der Waals surface area contributed by atoms with Crippen LogP contribution in [0.4, 0.5) is 4.39 Å². The fraction of sp³-hybridized carbons (Fsp3) is 0.619. The second kappa shape index (κ2) is 8.17. The summed E-state index contributed by atoms with van der Waals surface area (Å²) >= 11 is 0. The molecule has 2 aliphatic heterocycles. The minimum Gasteiger partial charge on any atom is -0.465 e. The van der Waals surface area contributed by atoms with E-state index < -0.39 is 5.97 Å². The summed E-state index contributed by atoms with van der Waals surface area (Å²) in [6.45, 7) is 6.22. The van der Waals surface area contributed by atoms with Crippen LogP contribution in [0.2, 0.25) is 0 Å². The van der Waals surface area contributed by atoms with Crippen molar-refractivity contribution in [1.29, 1.82) is 0 Å². The van der Waals surface area contributed by atoms with Crippen molar-refractivity contribution in [3.8, 4) is 0 Å². The summed E-state index contributed by atoms with van der Waals surface area (Å²) in [5.41, 5.74) is 1.47. The van der Waals surface area contributed by atoms with Crippen LogP contribution < -0.4 is 0 Å². The molecular weight excluding hydrogens is 363 g/mol. The van der Waals surface area contributed by atoms with Gasteiger partial charge in [0, 0.05) is 38.7 Å². The molecule has 0 aliphatic carbocycles. The molecule has 1 aromatic rings. The van der Waals surface area contributed by atoms with Gasteiger partial charge in [-0.05, 0) is 37.0 Å². The summed E-state index contributed by atoms with van der Waals surface area (Å²) in [6, 6.07) is 3.25. The molecule has 1 fully saturated rings. The summed E-state index contributed by atoms with van der Waals surface area (Å²) in [7, 11) is 3.00. The lowest BCUT2D eigenvalue weighted by Crippen LogP contribution is -2.65. The number of carbonyl (C=O) groups excluding carboxylic acids is 2. The lowest BCUT2D eigenvalue weighted by atomic mass is 9.84. The third kappa shape index (κ3) is 3.91. The van der Waals surface area contributed by atoms with Crippen molar-refractivity contribution in [3.05, 3.63) is 34.6 Å². The maximum atomic E-state index is 14.7. The van der Waals surface area contributed by atoms with Gasteiger partial charge in [-0.25, -0.2) is 9.18 Å². The molecule has 0 radical (unpaired) electrons. The van der Waals surface area contributed by atoms with E-state index >= 15 is 0 Å². The highest BCUT2D eigenvalue weighted by Gasteiger charge is 2.46. The Balaban J connectivity index is 1.73. The molecule has 1 amide bonds. The number of amides is 1. The van der Waals surface area contributed by atoms with Crippen LogP contribution in [0.15, 0.2) is 12.1 Å². The Morgan fingerprint density at radius 2 is 2.00 bits per heavy atom. The first-order chi connectivity index (χ1) is 13.3. The predicted molar refractivity (Wildman–Crippen MR) is 103 cm³/mol. The van der Waals surface area contributed by atoms with E-state index in [4.69, 9.17) is 9.47 Å². The summed E-state index contributed by atoms with van der Waals surface area (Å²) < 4.78 is 25.2. The molecule has 0 aromatic heterocycles. The normalized spacial score (nSPS) is 19.5. The van der Waals surface area contributed by atoms with Crippen molar-refractivity contribution < 1.29 is 23.5 Å². The average Bonchev–Trinajstić information content (AvgIpc) is 2.66. The van der Waals surface area contributed by atoms with Gasteiger partial charge in [0.2, 0.25) is 5.91 Å². The molecule has 154 valence electrons. The second-order valence-electron chi connectivity index (χ2n) is 7.84. The van der Waals surface area contributed by atoms with Gasteiger partial charge in [-0.1, -0.05) is 6.92 Å². The quantitative estimate of drug-likeness (QED) is 0.696. The minimum atomic E-state index is -0.516. The molecule has 0 saturated carbocycles. The van der Waals surface area contributed by atoms with E-state index in [2.05, 4.69) is 11.8 Å². The van der Waals surface area contributed by atoms with Crippen LogP contribution >= 0.6 is 0 Å². The Morgan fingerprint density at radius 3 is 2.57 bits per heavy atom. The largest absolute Gasteiger partial charge is 0.465 e. The second-order valence-corrected chi connectivity index (χ2v) is 7.84. The number of carbonyl (C=O) groups is 2. The first-order valence-corrected chi connectivity index (χ1v) is 9.76. The molecule has 0 bridgehead atoms. The summed E-state index contributed by atoms with van der Waals surface area (Å²) in [4.78, 5) is 27.4. The van der Waals surface area contributed by atoms with Gasteiger partial charge in [0.25, 0.3) is 0 Å². The van der Waals surface area contributed by atoms with Gasteiger partial charge in [-0.15, -0.1) is 0 Å². The maximum Gasteiger partial charge on any atom is 0.337 e. The lowest BCUT2D eigenvalue weighted by Gasteiger charge is -2.51. The Bertz CT molecular complexity index is 761. The first-order valence-electron chi connectivity index (χ1n) is 9.76. The smallest absolute Gasteiger partial charge is 0.337 e. The van der Waals surface area contributed by atoms with Crippen LogP contribution in [0.1, 0.15) is 48.2 Å². The minimum absolute atomic E-state index is 0.0658. The third-order valence-electron chi connectivity index (χ3n) is 6.17. The number of esters is 1. The van der Waals surface area contributed by atoms with E-state index in [1.165, 1.54) is 13.2 Å². The van der Waals surface area contributed by atoms with E-state index in [1.807, 2.05) is 0 Å². The fourth-order valence-electron chi connectivity index (χ4n) is 4.36. The highest BCUT2D eigenvalue weighted by atomic mass is 19.1. The number of rotatable bonds is 6. The van der Waals surface area contributed by atoms with Gasteiger partial charge in [-0.3, -0.25) is 9.69 Å². The molecule has 0 spiro atoms. The summed E-state index contributed by atoms with van der Waals surface area (Å²) in [5.74, 6) is -0.806. The van der Waals surface area contributed by atoms with E-state index in [0.717, 1.165) is 24.9 Å². The van der Waals surface area contributed by atoms with E-state index in [0.29, 0.717) is 31.6 Å². The van der Waals surface area contributed by atoms with Crippen LogP contribution in [0.3, 0.4) is 0 Å². The topological polar surface area (TPSA) is 59.1 Å². The van der Waals surface area contributed by atoms with Crippen LogP contribution in [-0.4, -0.2) is 67.2 Å². The fourth-order valence-corrected chi connectivity index (χ4v) is 4.36. The predicted octanol–water partition coefficient (Wildman–Crippen LogP) is 2.39. The Morgan fingerprint density at radius 1 is 1.29 bits per heavy atom. The number of halogens is 1. The number of ether oxygens (including phenoxy) is 2. The molecule has 1 aromatic carbocycles. The van der Waals surface area contributed by atoms with Crippen LogP contribution in [0.25, 0.3) is 0 Å². The molecule has 3 rings (SSSR count). The van der Waals surface area contributed by atoms with Crippen molar-refractivity contribution >= 4 is 11.9 Å². The Kier molecular flexibility index (Phi) is 6.05. The molecular formula is C21H29FN2O4. The molecule has 28 heavy (non-hydrogen) atoms. The van der Waals surface area contributed by atoms with Gasteiger partial charge in [-0.2, -0.15) is 0 Å². The molecule has 1 atom stereocenters. The van der Waals surface area contributed by atoms with Crippen molar-refractivity contribution in [2.75, 3.05) is 33.9 Å². The molecule has 0 N–H and O–H groups in total. The third-order valence-corrected chi connectivity index (χ3v) is 6.17. The van der Waals surface area contributed by atoms with E-state index in [1.54, 1.807) is 25.0 Å². The van der Waals surface area contributed by atoms with Gasteiger partial charge in [0.1, 0.15) is 11.4 Å². The number of likely N-dealkylation sites (tertiary alicyclic amines) is 1. The molecule has 6 nitrogen and oxygen atoms in total. The molecule has 7 heteroatoms. The monoisotopic (exact) mass is 392 g/mol. The van der Waals surface area contributed by atoms with Crippen LogP contribution in [0, 0.1) is 5.82 Å². The Labute approximate surface area is 165 Å². The van der Waals surface area contributed by atoms with Gasteiger partial charge >= 0.3 is 5.97 Å². The molecule has 1 unspecified atom stereocenters. The lowest BCUT2D eigenvalue weighted by molar-refractivity contribution is -0.165. The van der Waals surface area contributed by atoms with E-state index in [9.17, 15) is 14.0 Å². The highest BCUT2D eigenvalue weighted by Crippen LogP contribution is 2.34. The van der Waals surface area contributed by atoms with Crippen molar-refractivity contribution in [1.82, 2.24) is 9.80 Å². The number of methoxy groups -OCH3 is 2. The number of nitrogens with zero attached hydrogens (tertiary/aromatic N) is 2. The van der Waals surface area contributed by atoms with Gasteiger partial charge in [0.05, 0.1) is 25.8 Å². The van der Waals surface area contributed by atoms with Crippen molar-refractivity contribution in [3.63, 3.8) is 0 Å². The standard InChI is InChI=1S/C21H29FN2O4/c1-5-17(10-21(28-4)12-24(13-21)14(2)25)23-7-6-15-8-16(20(26)27-3)9-19(22)18(15)11-23/h8-9,17H,5-7,10-13H2,1-4H3. The zero-order valence-electron chi connectivity index (χ0n) is 17.1. The average molecular weight is 392 g/mol. The summed E-state index contributed by atoms with van der Waals surface area (Å²) in [6.07, 6.45) is 2.41. The molecule has 2 heterocycles. The van der Waals surface area contributed by atoms with Gasteiger partial charge < -0.3 is 14.4 Å². The number of fused-ring (bicyclic) bond motifs is 1. The zero-order chi connectivity index (χ0) is 20.5. The Hall–Kier alpha value is -1.99. The summed E-state index contributed by atoms with van der Waals surface area (Å²) in [5, 5.41) is 0. The number of hydrogen-bond acceptors (Lipinski definition) is 5. The van der Waals surface area contributed by atoms with Crippen LogP contribution in [-0.2, 0) is 27.2 Å². The van der Waals surface area contributed by atoms with Crippen molar-refractivity contribution in [2.45, 2.75) is 51.3 Å². The highest BCUT2D eigenvalue weighted by molar-refractivity contribution is 5.89. The van der Waals surface area contributed by atoms with Gasteiger partial charge in [0.15, 0.2) is 0 Å². The zero-order valence-corrected chi connectivity index (χ0v) is 17.1. The van der Waals surface area contributed by atoms with Crippen LogP contribution in [0.5, 0.6) is 0 Å². The number of benzene rings is 1.